The number of rotatable bonds is 9. The lowest BCUT2D eigenvalue weighted by atomic mass is 9.96. The minimum atomic E-state index is -3.64. The van der Waals surface area contributed by atoms with E-state index in [9.17, 15) is 17.6 Å². The zero-order valence-corrected chi connectivity index (χ0v) is 23.8. The highest BCUT2D eigenvalue weighted by atomic mass is 35.5. The monoisotopic (exact) mass is 568 g/mol. The van der Waals surface area contributed by atoms with Crippen LogP contribution in [0.3, 0.4) is 0 Å². The summed E-state index contributed by atoms with van der Waals surface area (Å²) in [6.45, 7) is 1.22. The molecule has 202 valence electrons. The summed E-state index contributed by atoms with van der Waals surface area (Å²) in [6.07, 6.45) is 5.71. The maximum Gasteiger partial charge on any atom is 0.260 e. The van der Waals surface area contributed by atoms with Crippen LogP contribution in [0.2, 0.25) is 0 Å². The number of carbonyl (C=O) groups excluding carboxylic acids is 1. The third kappa shape index (κ3) is 6.86. The molecule has 2 aromatic carbocycles. The van der Waals surface area contributed by atoms with Crippen LogP contribution in [-0.4, -0.2) is 68.8 Å². The molecule has 1 aromatic heterocycles. The predicted octanol–water partition coefficient (Wildman–Crippen LogP) is 5.41. The number of fused-ring (bicyclic) bond motifs is 1. The Morgan fingerprint density at radius 2 is 1.70 bits per heavy atom. The smallest absolute Gasteiger partial charge is 0.260 e. The Kier molecular flexibility index (Phi) is 10.0. The van der Waals surface area contributed by atoms with Crippen molar-refractivity contribution >= 4 is 55.0 Å². The van der Waals surface area contributed by atoms with Crippen LogP contribution in [0, 0.1) is 5.82 Å². The Hall–Kier alpha value is -2.11. The molecule has 0 spiro atoms. The van der Waals surface area contributed by atoms with Gasteiger partial charge in [0.05, 0.1) is 15.1 Å². The molecule has 4 rings (SSSR count). The number of aromatic nitrogens is 1. The van der Waals surface area contributed by atoms with Crippen molar-refractivity contribution in [2.45, 2.75) is 49.5 Å². The molecule has 0 unspecified atom stereocenters. The lowest BCUT2D eigenvalue weighted by Gasteiger charge is -2.30. The molecule has 0 bridgehead atoms. The number of nitrogens with zero attached hydrogens (tertiary/aromatic N) is 4. The first-order chi connectivity index (χ1) is 17.2. The summed E-state index contributed by atoms with van der Waals surface area (Å²) in [4.78, 5) is 21.9. The van der Waals surface area contributed by atoms with Gasteiger partial charge in [0.15, 0.2) is 5.13 Å². The Morgan fingerprint density at radius 1 is 1.03 bits per heavy atom. The van der Waals surface area contributed by atoms with Gasteiger partial charge < -0.3 is 4.90 Å². The molecule has 0 N–H and O–H groups in total. The average molecular weight is 569 g/mol. The first-order valence-corrected chi connectivity index (χ1v) is 14.5. The fourth-order valence-corrected chi connectivity index (χ4v) is 6.99. The van der Waals surface area contributed by atoms with Gasteiger partial charge in [-0.25, -0.2) is 17.8 Å². The summed E-state index contributed by atoms with van der Waals surface area (Å²) < 4.78 is 42.2. The highest BCUT2D eigenvalue weighted by Gasteiger charge is 2.29. The van der Waals surface area contributed by atoms with Crippen LogP contribution in [0.25, 0.3) is 10.2 Å². The van der Waals surface area contributed by atoms with Crippen molar-refractivity contribution < 1.29 is 17.6 Å². The lowest BCUT2D eigenvalue weighted by molar-refractivity contribution is 0.0986. The second-order valence-corrected chi connectivity index (χ2v) is 12.6. The quantitative estimate of drug-likeness (QED) is 0.345. The largest absolute Gasteiger partial charge is 0.309 e. The van der Waals surface area contributed by atoms with E-state index in [1.165, 1.54) is 39.9 Å². The van der Waals surface area contributed by atoms with E-state index in [1.807, 2.05) is 19.0 Å². The van der Waals surface area contributed by atoms with Crippen LogP contribution in [0.1, 0.15) is 48.9 Å². The molecule has 11 heteroatoms. The summed E-state index contributed by atoms with van der Waals surface area (Å²) in [7, 11) is 1.94. The number of hydrogen-bond acceptors (Lipinski definition) is 6. The standard InChI is InChI=1S/C26H33FN4O3S2.ClH/c1-29(2)16-7-17-31(26-28-23-15-12-20(27)18-24(23)35-26)25(32)19-10-13-22(14-11-19)36(33,34)30(3)21-8-5-4-6-9-21;/h10-15,18,21H,4-9,16-17H2,1-3H3;1H. The van der Waals surface area contributed by atoms with Crippen LogP contribution < -0.4 is 4.90 Å². The van der Waals surface area contributed by atoms with Crippen LogP contribution in [0.5, 0.6) is 0 Å². The number of hydrogen-bond donors (Lipinski definition) is 0. The van der Waals surface area contributed by atoms with E-state index < -0.39 is 10.0 Å². The van der Waals surface area contributed by atoms with Gasteiger partial charge in [-0.15, -0.1) is 12.4 Å². The van der Waals surface area contributed by atoms with E-state index in [4.69, 9.17) is 0 Å². The number of sulfonamides is 1. The van der Waals surface area contributed by atoms with Crippen molar-refractivity contribution in [3.05, 3.63) is 53.8 Å². The SMILES string of the molecule is CN(C)CCCN(C(=O)c1ccc(S(=O)(=O)N(C)C2CCCCC2)cc1)c1nc2ccc(F)cc2s1.Cl. The predicted molar refractivity (Wildman–Crippen MR) is 150 cm³/mol. The van der Waals surface area contributed by atoms with Gasteiger partial charge in [0.2, 0.25) is 10.0 Å². The van der Waals surface area contributed by atoms with Crippen LogP contribution >= 0.6 is 23.7 Å². The van der Waals surface area contributed by atoms with E-state index in [0.717, 1.165) is 45.1 Å². The second-order valence-electron chi connectivity index (χ2n) is 9.56. The summed E-state index contributed by atoms with van der Waals surface area (Å²) in [5.74, 6) is -0.615. The van der Waals surface area contributed by atoms with E-state index >= 15 is 0 Å². The Balaban J connectivity index is 0.00000380. The molecular weight excluding hydrogens is 535 g/mol. The number of amides is 1. The molecule has 37 heavy (non-hydrogen) atoms. The molecule has 1 aliphatic rings. The van der Waals surface area contributed by atoms with Crippen LogP contribution in [-0.2, 0) is 10.0 Å². The first kappa shape index (κ1) is 29.4. The first-order valence-electron chi connectivity index (χ1n) is 12.3. The van der Waals surface area contributed by atoms with Gasteiger partial charge in [0.1, 0.15) is 5.82 Å². The molecule has 1 aliphatic carbocycles. The Morgan fingerprint density at radius 3 is 2.35 bits per heavy atom. The maximum absolute atomic E-state index is 13.7. The highest BCUT2D eigenvalue weighted by molar-refractivity contribution is 7.89. The van der Waals surface area contributed by atoms with Crippen molar-refractivity contribution in [3.8, 4) is 0 Å². The second kappa shape index (κ2) is 12.6. The Labute approximate surface area is 228 Å². The fourth-order valence-electron chi connectivity index (χ4n) is 4.56. The minimum absolute atomic E-state index is 0. The van der Waals surface area contributed by atoms with E-state index in [2.05, 4.69) is 4.98 Å². The molecular formula is C26H34ClFN4O3S2. The average Bonchev–Trinajstić information content (AvgIpc) is 3.29. The van der Waals surface area contributed by atoms with Gasteiger partial charge in [0, 0.05) is 25.2 Å². The molecule has 1 heterocycles. The van der Waals surface area contributed by atoms with Crippen LogP contribution in [0.4, 0.5) is 9.52 Å². The summed E-state index contributed by atoms with van der Waals surface area (Å²) in [6, 6.07) is 10.5. The molecule has 0 saturated heterocycles. The van der Waals surface area contributed by atoms with Gasteiger partial charge >= 0.3 is 0 Å². The zero-order chi connectivity index (χ0) is 25.9. The van der Waals surface area contributed by atoms with Crippen molar-refractivity contribution in [1.29, 1.82) is 0 Å². The Bertz CT molecular complexity index is 1310. The van der Waals surface area contributed by atoms with Crippen molar-refractivity contribution in [2.75, 3.05) is 39.1 Å². The normalized spacial score (nSPS) is 14.8. The summed E-state index contributed by atoms with van der Waals surface area (Å²) in [5, 5.41) is 0.494. The number of benzene rings is 2. The topological polar surface area (TPSA) is 73.8 Å². The molecule has 1 fully saturated rings. The molecule has 0 aliphatic heterocycles. The van der Waals surface area contributed by atoms with E-state index in [0.29, 0.717) is 27.5 Å². The number of carbonyl (C=O) groups is 1. The molecule has 0 radical (unpaired) electrons. The molecule has 1 saturated carbocycles. The third-order valence-corrected chi connectivity index (χ3v) is 9.63. The summed E-state index contributed by atoms with van der Waals surface area (Å²) in [5.41, 5.74) is 1.01. The third-order valence-electron chi connectivity index (χ3n) is 6.67. The zero-order valence-electron chi connectivity index (χ0n) is 21.4. The minimum Gasteiger partial charge on any atom is -0.309 e. The van der Waals surface area contributed by atoms with Crippen LogP contribution in [0.15, 0.2) is 47.4 Å². The van der Waals surface area contributed by atoms with E-state index in [1.54, 1.807) is 30.1 Å². The van der Waals surface area contributed by atoms with E-state index in [-0.39, 0.29) is 35.1 Å². The fraction of sp³-hybridized carbons (Fsp3) is 0.462. The number of thiazole rings is 1. The number of anilines is 1. The van der Waals surface area contributed by atoms with Gasteiger partial charge in [0.25, 0.3) is 5.91 Å². The molecule has 7 nitrogen and oxygen atoms in total. The van der Waals surface area contributed by atoms with Gasteiger partial charge in [-0.2, -0.15) is 4.31 Å². The molecule has 3 aromatic rings. The van der Waals surface area contributed by atoms with Crippen molar-refractivity contribution in [3.63, 3.8) is 0 Å². The maximum atomic E-state index is 13.7. The van der Waals surface area contributed by atoms with Gasteiger partial charge in [-0.1, -0.05) is 30.6 Å². The number of halogens is 2. The van der Waals surface area contributed by atoms with Crippen molar-refractivity contribution in [2.24, 2.45) is 0 Å². The van der Waals surface area contributed by atoms with Crippen molar-refractivity contribution in [1.82, 2.24) is 14.2 Å². The molecule has 1 amide bonds. The van der Waals surface area contributed by atoms with Gasteiger partial charge in [-0.3, -0.25) is 9.69 Å². The summed E-state index contributed by atoms with van der Waals surface area (Å²) >= 11 is 1.27. The lowest BCUT2D eigenvalue weighted by Crippen LogP contribution is -2.38. The molecule has 0 atom stereocenters. The highest BCUT2D eigenvalue weighted by Crippen LogP contribution is 2.31. The van der Waals surface area contributed by atoms with Gasteiger partial charge in [-0.05, 0) is 82.4 Å².